The van der Waals surface area contributed by atoms with Crippen LogP contribution in [0.3, 0.4) is 0 Å². The predicted octanol–water partition coefficient (Wildman–Crippen LogP) is 4.65. The van der Waals surface area contributed by atoms with E-state index >= 15 is 0 Å². The minimum Gasteiger partial charge on any atom is -0.459 e. The van der Waals surface area contributed by atoms with Crippen LogP contribution in [0.1, 0.15) is 26.2 Å². The van der Waals surface area contributed by atoms with E-state index in [1.807, 2.05) is 28.7 Å². The largest absolute Gasteiger partial charge is 0.459 e. The fourth-order valence-electron chi connectivity index (χ4n) is 4.06. The van der Waals surface area contributed by atoms with Crippen molar-refractivity contribution < 1.29 is 27.4 Å². The molecule has 0 radical (unpaired) electrons. The number of likely N-dealkylation sites (tertiary alicyclic amines) is 1. The van der Waals surface area contributed by atoms with Gasteiger partial charge in [0.05, 0.1) is 15.8 Å². The Labute approximate surface area is 199 Å². The fraction of sp³-hybridized carbons (Fsp3) is 0.591. The molecule has 1 aromatic heterocycles. The Morgan fingerprint density at radius 1 is 1.31 bits per heavy atom. The molecule has 0 unspecified atom stereocenters. The van der Waals surface area contributed by atoms with Crippen LogP contribution in [0.2, 0.25) is 0 Å². The van der Waals surface area contributed by atoms with Crippen molar-refractivity contribution in [3.63, 3.8) is 0 Å². The van der Waals surface area contributed by atoms with Crippen molar-refractivity contribution in [3.8, 4) is 0 Å². The highest BCUT2D eigenvalue weighted by Gasteiger charge is 2.30. The average Bonchev–Trinajstić information content (AvgIpc) is 3.04. The Hall–Kier alpha value is -1.53. The standard InChI is InChI=1S/C22H29F3IN3O3/c1-3-21(30)32-16(13-31-2)12-28-9-7-15(8-10-28)27-18-5-4-6-19-17(18)11-20(26)29(19)14-22(23,24)25/h4-6,11,15-16,27H,3,7-10,12-14H2,1-2H3/t16-/m0/s1. The third-order valence-electron chi connectivity index (χ3n) is 5.58. The number of anilines is 1. The van der Waals surface area contributed by atoms with E-state index in [0.29, 0.717) is 28.8 Å². The smallest absolute Gasteiger partial charge is 0.406 e. The molecule has 1 fully saturated rings. The first-order chi connectivity index (χ1) is 15.2. The summed E-state index contributed by atoms with van der Waals surface area (Å²) in [6.45, 7) is 3.43. The van der Waals surface area contributed by atoms with Crippen LogP contribution >= 0.6 is 22.6 Å². The molecular formula is C22H29F3IN3O3. The maximum absolute atomic E-state index is 13.0. The van der Waals surface area contributed by atoms with Gasteiger partial charge >= 0.3 is 12.1 Å². The second-order valence-corrected chi connectivity index (χ2v) is 9.15. The molecule has 0 bridgehead atoms. The van der Waals surface area contributed by atoms with Gasteiger partial charge < -0.3 is 19.4 Å². The highest BCUT2D eigenvalue weighted by Crippen LogP contribution is 2.32. The van der Waals surface area contributed by atoms with Gasteiger partial charge in [0.1, 0.15) is 12.6 Å². The number of esters is 1. The van der Waals surface area contributed by atoms with E-state index in [0.717, 1.165) is 37.0 Å². The summed E-state index contributed by atoms with van der Waals surface area (Å²) in [5, 5.41) is 4.33. The fourth-order valence-corrected chi connectivity index (χ4v) is 4.81. The second-order valence-electron chi connectivity index (χ2n) is 8.05. The molecule has 2 heterocycles. The molecule has 6 nitrogen and oxygen atoms in total. The summed E-state index contributed by atoms with van der Waals surface area (Å²) in [6, 6.07) is 7.46. The molecule has 1 saturated heterocycles. The normalized spacial score (nSPS) is 16.9. The Bertz CT molecular complexity index is 911. The number of carbonyl (C=O) groups excluding carboxylic acids is 1. The van der Waals surface area contributed by atoms with Gasteiger partial charge in [0, 0.05) is 50.3 Å². The first-order valence-corrected chi connectivity index (χ1v) is 11.8. The lowest BCUT2D eigenvalue weighted by atomic mass is 10.0. The van der Waals surface area contributed by atoms with Crippen LogP contribution in [0.4, 0.5) is 18.9 Å². The zero-order chi connectivity index (χ0) is 23.3. The van der Waals surface area contributed by atoms with Crippen LogP contribution < -0.4 is 5.32 Å². The number of methoxy groups -OCH3 is 1. The second kappa shape index (κ2) is 11.1. The predicted molar refractivity (Wildman–Crippen MR) is 126 cm³/mol. The number of halogens is 4. The SMILES string of the molecule is CCC(=O)O[C@H](COC)CN1CCC(Nc2cccc3c2cc(I)n3CC(F)(F)F)CC1. The number of alkyl halides is 3. The number of rotatable bonds is 9. The molecule has 0 saturated carbocycles. The molecule has 32 heavy (non-hydrogen) atoms. The summed E-state index contributed by atoms with van der Waals surface area (Å²) in [4.78, 5) is 13.9. The first-order valence-electron chi connectivity index (χ1n) is 10.7. The average molecular weight is 567 g/mol. The highest BCUT2D eigenvalue weighted by molar-refractivity contribution is 14.1. The summed E-state index contributed by atoms with van der Waals surface area (Å²) < 4.78 is 51.5. The van der Waals surface area contributed by atoms with Gasteiger partial charge in [-0.1, -0.05) is 13.0 Å². The third kappa shape index (κ3) is 6.74. The molecule has 1 N–H and O–H groups in total. The maximum Gasteiger partial charge on any atom is 0.406 e. The van der Waals surface area contributed by atoms with Crippen molar-refractivity contribution in [3.05, 3.63) is 28.0 Å². The van der Waals surface area contributed by atoms with Gasteiger partial charge in [-0.15, -0.1) is 0 Å². The minimum atomic E-state index is -4.27. The lowest BCUT2D eigenvalue weighted by molar-refractivity contribution is -0.152. The molecule has 1 aromatic carbocycles. The van der Waals surface area contributed by atoms with E-state index in [9.17, 15) is 18.0 Å². The monoisotopic (exact) mass is 567 g/mol. The van der Waals surface area contributed by atoms with Crippen molar-refractivity contribution in [2.75, 3.05) is 38.7 Å². The van der Waals surface area contributed by atoms with E-state index in [1.165, 1.54) is 4.57 Å². The van der Waals surface area contributed by atoms with Crippen LogP contribution in [0.25, 0.3) is 10.9 Å². The number of nitrogens with zero attached hydrogens (tertiary/aromatic N) is 2. The number of piperidine rings is 1. The lowest BCUT2D eigenvalue weighted by Crippen LogP contribution is -2.44. The minimum absolute atomic E-state index is 0.222. The number of carbonyl (C=O) groups is 1. The summed E-state index contributed by atoms with van der Waals surface area (Å²) in [5.74, 6) is -0.233. The highest BCUT2D eigenvalue weighted by atomic mass is 127. The Kier molecular flexibility index (Phi) is 8.68. The molecule has 0 aliphatic carbocycles. The Balaban J connectivity index is 1.61. The van der Waals surface area contributed by atoms with Crippen molar-refractivity contribution in [1.82, 2.24) is 9.47 Å². The van der Waals surface area contributed by atoms with Gasteiger partial charge in [-0.25, -0.2) is 0 Å². The van der Waals surface area contributed by atoms with Crippen LogP contribution in [-0.2, 0) is 20.8 Å². The molecule has 0 amide bonds. The zero-order valence-electron chi connectivity index (χ0n) is 18.3. The number of hydrogen-bond donors (Lipinski definition) is 1. The molecule has 1 aliphatic rings. The topological polar surface area (TPSA) is 55.7 Å². The summed E-state index contributed by atoms with van der Waals surface area (Å²) in [7, 11) is 1.59. The molecular weight excluding hydrogens is 538 g/mol. The quantitative estimate of drug-likeness (QED) is 0.353. The third-order valence-corrected chi connectivity index (χ3v) is 6.47. The van der Waals surface area contributed by atoms with Crippen molar-refractivity contribution in [2.45, 2.75) is 51.1 Å². The van der Waals surface area contributed by atoms with Crippen molar-refractivity contribution in [1.29, 1.82) is 0 Å². The van der Waals surface area contributed by atoms with Crippen molar-refractivity contribution in [2.24, 2.45) is 0 Å². The van der Waals surface area contributed by atoms with E-state index in [1.54, 1.807) is 32.2 Å². The summed E-state index contributed by atoms with van der Waals surface area (Å²) in [6.07, 6.45) is -2.45. The van der Waals surface area contributed by atoms with Gasteiger partial charge in [-0.2, -0.15) is 13.2 Å². The molecule has 0 spiro atoms. The first kappa shape index (κ1) is 25.1. The number of fused-ring (bicyclic) bond motifs is 1. The number of hydrogen-bond acceptors (Lipinski definition) is 5. The van der Waals surface area contributed by atoms with Crippen molar-refractivity contribution >= 4 is 45.2 Å². The molecule has 3 rings (SSSR count). The number of aromatic nitrogens is 1. The molecule has 1 aliphatic heterocycles. The number of nitrogens with one attached hydrogen (secondary N) is 1. The molecule has 10 heteroatoms. The van der Waals surface area contributed by atoms with Gasteiger partial charge in [-0.3, -0.25) is 9.69 Å². The lowest BCUT2D eigenvalue weighted by Gasteiger charge is -2.34. The zero-order valence-corrected chi connectivity index (χ0v) is 20.4. The van der Waals surface area contributed by atoms with E-state index in [2.05, 4.69) is 10.2 Å². The van der Waals surface area contributed by atoms with Crippen LogP contribution in [0.5, 0.6) is 0 Å². The van der Waals surface area contributed by atoms with Gasteiger partial charge in [0.15, 0.2) is 0 Å². The molecule has 1 atom stereocenters. The number of ether oxygens (including phenoxy) is 2. The molecule has 178 valence electrons. The van der Waals surface area contributed by atoms with E-state index in [4.69, 9.17) is 9.47 Å². The van der Waals surface area contributed by atoms with E-state index < -0.39 is 12.7 Å². The van der Waals surface area contributed by atoms with Crippen LogP contribution in [0, 0.1) is 3.70 Å². The number of benzene rings is 1. The van der Waals surface area contributed by atoms with Gasteiger partial charge in [0.2, 0.25) is 0 Å². The van der Waals surface area contributed by atoms with Crippen LogP contribution in [0.15, 0.2) is 24.3 Å². The Morgan fingerprint density at radius 3 is 2.66 bits per heavy atom. The van der Waals surface area contributed by atoms with E-state index in [-0.39, 0.29) is 18.1 Å². The van der Waals surface area contributed by atoms with Crippen LogP contribution in [-0.4, -0.2) is 67.1 Å². The summed E-state index contributed by atoms with van der Waals surface area (Å²) >= 11 is 1.95. The summed E-state index contributed by atoms with van der Waals surface area (Å²) in [5.41, 5.74) is 1.43. The van der Waals surface area contributed by atoms with Gasteiger partial charge in [-0.05, 0) is 53.6 Å². The Morgan fingerprint density at radius 2 is 2.03 bits per heavy atom. The molecule has 2 aromatic rings. The maximum atomic E-state index is 13.0. The van der Waals surface area contributed by atoms with Gasteiger partial charge in [0.25, 0.3) is 0 Å².